The number of carbonyl (C=O) groups is 1. The number of hydrogen-bond donors (Lipinski definition) is 1. The Balaban J connectivity index is 3.30. The molecule has 0 heterocycles. The Morgan fingerprint density at radius 2 is 1.76 bits per heavy atom. The van der Waals surface area contributed by atoms with Gasteiger partial charge in [0, 0.05) is 0 Å². The molecule has 0 radical (unpaired) electrons. The number of aliphatic hydroxyl groups excluding tert-OH is 1. The first-order valence-corrected chi connectivity index (χ1v) is 6.76. The van der Waals surface area contributed by atoms with Crippen molar-refractivity contribution >= 4 is 6.29 Å². The van der Waals surface area contributed by atoms with E-state index in [0.717, 1.165) is 6.42 Å². The average molecular weight is 238 g/mol. The zero-order chi connectivity index (χ0) is 12.8. The van der Waals surface area contributed by atoms with Crippen LogP contribution in [0.2, 0.25) is 0 Å². The van der Waals surface area contributed by atoms with Crippen LogP contribution in [-0.4, -0.2) is 17.5 Å². The van der Waals surface area contributed by atoms with E-state index in [1.807, 2.05) is 6.08 Å². The molecule has 0 saturated heterocycles. The number of hydrogen-bond acceptors (Lipinski definition) is 2. The number of carbonyl (C=O) groups excluding carboxylic acids is 1. The second-order valence-corrected chi connectivity index (χ2v) is 4.35. The van der Waals surface area contributed by atoms with Crippen LogP contribution in [0, 0.1) is 0 Å². The zero-order valence-corrected chi connectivity index (χ0v) is 11.0. The molecule has 0 aromatic heterocycles. The molecule has 2 heteroatoms. The van der Waals surface area contributed by atoms with Crippen LogP contribution >= 0.6 is 0 Å². The molecule has 0 aliphatic carbocycles. The van der Waals surface area contributed by atoms with Gasteiger partial charge < -0.3 is 5.11 Å². The van der Waals surface area contributed by atoms with Crippen LogP contribution in [0.4, 0.5) is 0 Å². The molecule has 0 aliphatic rings. The van der Waals surface area contributed by atoms with Gasteiger partial charge in [-0.05, 0) is 25.3 Å². The van der Waals surface area contributed by atoms with E-state index in [9.17, 15) is 9.90 Å². The molecule has 0 saturated carbocycles. The van der Waals surface area contributed by atoms with Crippen LogP contribution < -0.4 is 0 Å². The predicted octanol–water partition coefficient (Wildman–Crippen LogP) is 3.80. The molecule has 1 N–H and O–H groups in total. The van der Waals surface area contributed by atoms with Crippen LogP contribution in [0.25, 0.3) is 0 Å². The van der Waals surface area contributed by atoms with Gasteiger partial charge in [-0.3, -0.25) is 4.79 Å². The van der Waals surface area contributed by atoms with Gasteiger partial charge >= 0.3 is 0 Å². The molecule has 1 atom stereocenters. The Labute approximate surface area is 105 Å². The van der Waals surface area contributed by atoms with E-state index in [4.69, 9.17) is 0 Å². The first-order valence-electron chi connectivity index (χ1n) is 6.76. The molecule has 0 rings (SSSR count). The topological polar surface area (TPSA) is 37.3 Å². The van der Waals surface area contributed by atoms with Crippen LogP contribution in [0.5, 0.6) is 0 Å². The third kappa shape index (κ3) is 13.0. The van der Waals surface area contributed by atoms with Gasteiger partial charge in [-0.15, -0.1) is 0 Å². The quantitative estimate of drug-likeness (QED) is 0.257. The summed E-state index contributed by atoms with van der Waals surface area (Å²) in [6, 6.07) is 0. The first kappa shape index (κ1) is 16.1. The van der Waals surface area contributed by atoms with Crippen molar-refractivity contribution in [3.05, 3.63) is 24.3 Å². The normalized spacial score (nSPS) is 13.5. The van der Waals surface area contributed by atoms with Crippen LogP contribution in [0.1, 0.15) is 58.3 Å². The molecule has 0 aromatic carbocycles. The molecule has 0 bridgehead atoms. The maximum absolute atomic E-state index is 10.0. The molecule has 0 spiro atoms. The fraction of sp³-hybridized carbons (Fsp3) is 0.667. The highest BCUT2D eigenvalue weighted by Crippen LogP contribution is 2.07. The fourth-order valence-corrected chi connectivity index (χ4v) is 1.65. The van der Waals surface area contributed by atoms with Gasteiger partial charge in [-0.25, -0.2) is 0 Å². The standard InChI is InChI=1S/C15H26O2/c1-2-3-4-5-6-7-8-9-10-12-15(17)13-11-14-16/h9-11,13-15,17H,2-8,12H2,1H3. The van der Waals surface area contributed by atoms with E-state index in [1.165, 1.54) is 50.7 Å². The van der Waals surface area contributed by atoms with E-state index in [-0.39, 0.29) is 0 Å². The van der Waals surface area contributed by atoms with Gasteiger partial charge in [0.05, 0.1) is 6.10 Å². The van der Waals surface area contributed by atoms with E-state index in [1.54, 1.807) is 0 Å². The lowest BCUT2D eigenvalue weighted by Crippen LogP contribution is -1.99. The highest BCUT2D eigenvalue weighted by atomic mass is 16.3. The molecule has 98 valence electrons. The minimum atomic E-state index is -0.527. The van der Waals surface area contributed by atoms with Crippen molar-refractivity contribution in [2.45, 2.75) is 64.4 Å². The zero-order valence-electron chi connectivity index (χ0n) is 11.0. The second-order valence-electron chi connectivity index (χ2n) is 4.35. The van der Waals surface area contributed by atoms with Gasteiger partial charge in [-0.2, -0.15) is 0 Å². The largest absolute Gasteiger partial charge is 0.389 e. The van der Waals surface area contributed by atoms with Gasteiger partial charge in [0.1, 0.15) is 6.29 Å². The summed E-state index contributed by atoms with van der Waals surface area (Å²) < 4.78 is 0. The molecule has 1 unspecified atom stereocenters. The minimum Gasteiger partial charge on any atom is -0.389 e. The molecule has 2 nitrogen and oxygen atoms in total. The summed E-state index contributed by atoms with van der Waals surface area (Å²) in [5.74, 6) is 0. The Hall–Kier alpha value is -0.890. The molecule has 0 aromatic rings. The third-order valence-electron chi connectivity index (χ3n) is 2.68. The lowest BCUT2D eigenvalue weighted by atomic mass is 10.1. The van der Waals surface area contributed by atoms with Crippen molar-refractivity contribution in [2.75, 3.05) is 0 Å². The van der Waals surface area contributed by atoms with Crippen molar-refractivity contribution in [3.63, 3.8) is 0 Å². The van der Waals surface area contributed by atoms with Gasteiger partial charge in [0.2, 0.25) is 0 Å². The summed E-state index contributed by atoms with van der Waals surface area (Å²) in [7, 11) is 0. The lowest BCUT2D eigenvalue weighted by Gasteiger charge is -2.00. The molecule has 0 fully saturated rings. The smallest absolute Gasteiger partial charge is 0.142 e. The van der Waals surface area contributed by atoms with Crippen LogP contribution in [0.3, 0.4) is 0 Å². The number of aldehydes is 1. The SMILES string of the molecule is CCCCCCCCC=CCC(O)C=CC=O. The summed E-state index contributed by atoms with van der Waals surface area (Å²) in [6.07, 6.45) is 16.7. The van der Waals surface area contributed by atoms with E-state index >= 15 is 0 Å². The Kier molecular flexibility index (Phi) is 12.5. The lowest BCUT2D eigenvalue weighted by molar-refractivity contribution is -0.104. The highest BCUT2D eigenvalue weighted by Gasteiger charge is 1.93. The highest BCUT2D eigenvalue weighted by molar-refractivity contribution is 5.64. The van der Waals surface area contributed by atoms with Crippen molar-refractivity contribution in [1.29, 1.82) is 0 Å². The maximum Gasteiger partial charge on any atom is 0.142 e. The van der Waals surface area contributed by atoms with Crippen LogP contribution in [0.15, 0.2) is 24.3 Å². The number of unbranched alkanes of at least 4 members (excludes halogenated alkanes) is 6. The van der Waals surface area contributed by atoms with Crippen LogP contribution in [-0.2, 0) is 4.79 Å². The summed E-state index contributed by atoms with van der Waals surface area (Å²) in [6.45, 7) is 2.23. The first-order chi connectivity index (χ1) is 8.31. The van der Waals surface area contributed by atoms with Crippen molar-refractivity contribution in [3.8, 4) is 0 Å². The van der Waals surface area contributed by atoms with Crippen molar-refractivity contribution in [2.24, 2.45) is 0 Å². The number of allylic oxidation sites excluding steroid dienone is 2. The minimum absolute atomic E-state index is 0.527. The maximum atomic E-state index is 10.0. The average Bonchev–Trinajstić information content (AvgIpc) is 2.34. The van der Waals surface area contributed by atoms with Gasteiger partial charge in [-0.1, -0.05) is 57.3 Å². The number of rotatable bonds is 11. The Bertz CT molecular complexity index is 219. The van der Waals surface area contributed by atoms with E-state index in [2.05, 4.69) is 13.0 Å². The van der Waals surface area contributed by atoms with Crippen molar-refractivity contribution < 1.29 is 9.90 Å². The summed E-state index contributed by atoms with van der Waals surface area (Å²) in [5, 5.41) is 9.38. The third-order valence-corrected chi connectivity index (χ3v) is 2.68. The van der Waals surface area contributed by atoms with Gasteiger partial charge in [0.25, 0.3) is 0 Å². The molecule has 0 amide bonds. The van der Waals surface area contributed by atoms with Gasteiger partial charge in [0.15, 0.2) is 0 Å². The molecular formula is C15H26O2. The summed E-state index contributed by atoms with van der Waals surface area (Å²) >= 11 is 0. The number of aliphatic hydroxyl groups is 1. The molecule has 17 heavy (non-hydrogen) atoms. The van der Waals surface area contributed by atoms with E-state index in [0.29, 0.717) is 12.7 Å². The van der Waals surface area contributed by atoms with E-state index < -0.39 is 6.10 Å². The summed E-state index contributed by atoms with van der Waals surface area (Å²) in [4.78, 5) is 10.0. The fourth-order valence-electron chi connectivity index (χ4n) is 1.65. The Morgan fingerprint density at radius 1 is 1.06 bits per heavy atom. The van der Waals surface area contributed by atoms with Crippen molar-refractivity contribution in [1.82, 2.24) is 0 Å². The second kappa shape index (κ2) is 13.2. The monoisotopic (exact) mass is 238 g/mol. The Morgan fingerprint density at radius 3 is 2.47 bits per heavy atom. The molecule has 0 aliphatic heterocycles. The molecular weight excluding hydrogens is 212 g/mol. The summed E-state index contributed by atoms with van der Waals surface area (Å²) in [5.41, 5.74) is 0. The predicted molar refractivity (Wildman–Crippen MR) is 73.0 cm³/mol.